The van der Waals surface area contributed by atoms with E-state index in [2.05, 4.69) is 5.32 Å². The first-order valence-electron chi connectivity index (χ1n) is 6.23. The maximum absolute atomic E-state index is 11.6. The highest BCUT2D eigenvalue weighted by atomic mass is 16.4. The highest BCUT2D eigenvalue weighted by Crippen LogP contribution is 2.16. The smallest absolute Gasteiger partial charge is 0.326 e. The molecule has 20 heavy (non-hydrogen) atoms. The molecule has 0 aliphatic heterocycles. The molecule has 0 saturated heterocycles. The van der Waals surface area contributed by atoms with Gasteiger partial charge in [-0.25, -0.2) is 4.79 Å². The number of carboxylic acids is 2. The second kappa shape index (κ2) is 7.44. The Labute approximate surface area is 116 Å². The summed E-state index contributed by atoms with van der Waals surface area (Å²) in [6.45, 7) is 0. The number of aliphatic carboxylic acids is 2. The molecule has 1 amide bonds. The van der Waals surface area contributed by atoms with Gasteiger partial charge in [0, 0.05) is 0 Å². The molecule has 0 aromatic heterocycles. The van der Waals surface area contributed by atoms with Crippen LogP contribution in [0.5, 0.6) is 0 Å². The fourth-order valence-electron chi connectivity index (χ4n) is 1.84. The van der Waals surface area contributed by atoms with Crippen LogP contribution in [0.3, 0.4) is 0 Å². The van der Waals surface area contributed by atoms with Crippen LogP contribution in [-0.4, -0.2) is 40.1 Å². The van der Waals surface area contributed by atoms with Crippen LogP contribution in [0.4, 0.5) is 0 Å². The lowest BCUT2D eigenvalue weighted by Crippen LogP contribution is -2.49. The van der Waals surface area contributed by atoms with E-state index in [-0.39, 0.29) is 6.42 Å². The van der Waals surface area contributed by atoms with E-state index in [4.69, 9.17) is 15.9 Å². The summed E-state index contributed by atoms with van der Waals surface area (Å²) < 4.78 is 0. The van der Waals surface area contributed by atoms with Crippen LogP contribution in [0.1, 0.15) is 25.7 Å². The number of rotatable bonds is 7. The Balaban J connectivity index is 2.58. The number of nitrogens with two attached hydrogens (primary N) is 1. The zero-order chi connectivity index (χ0) is 15.1. The number of hydrogen-bond donors (Lipinski definition) is 4. The van der Waals surface area contributed by atoms with Gasteiger partial charge in [-0.1, -0.05) is 23.8 Å². The normalized spacial score (nSPS) is 16.9. The second-order valence-corrected chi connectivity index (χ2v) is 4.58. The average Bonchev–Trinajstić information content (AvgIpc) is 2.38. The van der Waals surface area contributed by atoms with Gasteiger partial charge >= 0.3 is 11.9 Å². The van der Waals surface area contributed by atoms with Crippen LogP contribution in [0, 0.1) is 0 Å². The molecule has 0 aromatic rings. The standard InChI is InChI=1S/C13H18N2O5/c14-9(7-11(16)17)12(18)15-10(13(19)20)6-8-4-2-1-3-5-8/h1-2,5,9-10H,3-4,6-7,14H2,(H,15,18)(H,16,17)(H,19,20). The van der Waals surface area contributed by atoms with Crippen LogP contribution in [0.2, 0.25) is 0 Å². The number of carbonyl (C=O) groups excluding carboxylic acids is 1. The van der Waals surface area contributed by atoms with Gasteiger partial charge in [-0.05, 0) is 19.3 Å². The van der Waals surface area contributed by atoms with Crippen molar-refractivity contribution in [1.29, 1.82) is 0 Å². The molecule has 5 N–H and O–H groups in total. The summed E-state index contributed by atoms with van der Waals surface area (Å²) in [5.41, 5.74) is 6.31. The number of nitrogens with one attached hydrogen (secondary N) is 1. The van der Waals surface area contributed by atoms with Gasteiger partial charge in [-0.3, -0.25) is 9.59 Å². The Hall–Kier alpha value is -2.15. The number of carboxylic acid groups (broad SMARTS) is 2. The molecule has 0 heterocycles. The van der Waals surface area contributed by atoms with E-state index in [1.807, 2.05) is 18.2 Å². The molecule has 0 aromatic carbocycles. The van der Waals surface area contributed by atoms with Crippen molar-refractivity contribution < 1.29 is 24.6 Å². The summed E-state index contributed by atoms with van der Waals surface area (Å²) in [6, 6.07) is -2.35. The molecule has 1 aliphatic rings. The van der Waals surface area contributed by atoms with Crippen molar-refractivity contribution in [2.45, 2.75) is 37.8 Å². The molecule has 0 radical (unpaired) electrons. The topological polar surface area (TPSA) is 130 Å². The quantitative estimate of drug-likeness (QED) is 0.487. The summed E-state index contributed by atoms with van der Waals surface area (Å²) in [7, 11) is 0. The number of hydrogen-bond acceptors (Lipinski definition) is 4. The monoisotopic (exact) mass is 282 g/mol. The summed E-state index contributed by atoms with van der Waals surface area (Å²) in [5.74, 6) is -3.15. The average molecular weight is 282 g/mol. The predicted octanol–water partition coefficient (Wildman–Crippen LogP) is 0.0243. The van der Waals surface area contributed by atoms with E-state index in [0.29, 0.717) is 6.42 Å². The Kier molecular flexibility index (Phi) is 5.92. The van der Waals surface area contributed by atoms with Crippen molar-refractivity contribution in [3.63, 3.8) is 0 Å². The summed E-state index contributed by atoms with van der Waals surface area (Å²) in [5, 5.41) is 19.9. The van der Waals surface area contributed by atoms with Gasteiger partial charge in [0.05, 0.1) is 12.5 Å². The van der Waals surface area contributed by atoms with Crippen LogP contribution < -0.4 is 11.1 Å². The van der Waals surface area contributed by atoms with Gasteiger partial charge in [0.2, 0.25) is 5.91 Å². The first-order chi connectivity index (χ1) is 9.40. The first kappa shape index (κ1) is 15.9. The van der Waals surface area contributed by atoms with Crippen LogP contribution in [0.25, 0.3) is 0 Å². The minimum absolute atomic E-state index is 0.186. The maximum atomic E-state index is 11.6. The molecule has 1 aliphatic carbocycles. The molecule has 0 fully saturated rings. The third-order valence-electron chi connectivity index (χ3n) is 2.90. The van der Waals surface area contributed by atoms with Crippen molar-refractivity contribution in [1.82, 2.24) is 5.32 Å². The summed E-state index contributed by atoms with van der Waals surface area (Å²) >= 11 is 0. The molecule has 110 valence electrons. The van der Waals surface area contributed by atoms with Gasteiger partial charge < -0.3 is 21.3 Å². The van der Waals surface area contributed by atoms with Gasteiger partial charge in [-0.2, -0.15) is 0 Å². The molecule has 0 spiro atoms. The lowest BCUT2D eigenvalue weighted by Gasteiger charge is -2.19. The van der Waals surface area contributed by atoms with Gasteiger partial charge in [0.15, 0.2) is 0 Å². The van der Waals surface area contributed by atoms with E-state index in [1.165, 1.54) is 0 Å². The Bertz CT molecular complexity index is 456. The molecule has 7 heteroatoms. The zero-order valence-electron chi connectivity index (χ0n) is 10.9. The van der Waals surface area contributed by atoms with E-state index in [9.17, 15) is 14.4 Å². The maximum Gasteiger partial charge on any atom is 0.326 e. The van der Waals surface area contributed by atoms with Crippen LogP contribution >= 0.6 is 0 Å². The molecule has 1 rings (SSSR count). The molecular formula is C13H18N2O5. The molecule has 0 bridgehead atoms. The Morgan fingerprint density at radius 2 is 2.00 bits per heavy atom. The third-order valence-corrected chi connectivity index (χ3v) is 2.90. The van der Waals surface area contributed by atoms with Crippen molar-refractivity contribution in [2.24, 2.45) is 5.73 Å². The van der Waals surface area contributed by atoms with Gasteiger partial charge in [0.25, 0.3) is 0 Å². The van der Waals surface area contributed by atoms with Gasteiger partial charge in [-0.15, -0.1) is 0 Å². The first-order valence-corrected chi connectivity index (χ1v) is 6.23. The molecule has 2 unspecified atom stereocenters. The number of carbonyl (C=O) groups is 3. The second-order valence-electron chi connectivity index (χ2n) is 4.58. The largest absolute Gasteiger partial charge is 0.481 e. The van der Waals surface area contributed by atoms with E-state index >= 15 is 0 Å². The van der Waals surface area contributed by atoms with E-state index in [1.54, 1.807) is 0 Å². The zero-order valence-corrected chi connectivity index (χ0v) is 10.9. The molecule has 7 nitrogen and oxygen atoms in total. The lowest BCUT2D eigenvalue weighted by molar-refractivity contribution is -0.142. The van der Waals surface area contributed by atoms with Crippen LogP contribution in [0.15, 0.2) is 23.8 Å². The fraction of sp³-hybridized carbons (Fsp3) is 0.462. The minimum Gasteiger partial charge on any atom is -0.481 e. The van der Waals surface area contributed by atoms with Crippen molar-refractivity contribution in [2.75, 3.05) is 0 Å². The summed E-state index contributed by atoms with van der Waals surface area (Å²) in [6.07, 6.45) is 6.87. The highest BCUT2D eigenvalue weighted by molar-refractivity contribution is 5.89. The summed E-state index contributed by atoms with van der Waals surface area (Å²) in [4.78, 5) is 33.2. The molecule has 0 saturated carbocycles. The van der Waals surface area contributed by atoms with Crippen LogP contribution in [-0.2, 0) is 14.4 Å². The van der Waals surface area contributed by atoms with E-state index < -0.39 is 36.4 Å². The third kappa shape index (κ3) is 5.23. The predicted molar refractivity (Wildman–Crippen MR) is 70.9 cm³/mol. The highest BCUT2D eigenvalue weighted by Gasteiger charge is 2.25. The SMILES string of the molecule is NC(CC(=O)O)C(=O)NC(CC1=CCC=CC1)C(=O)O. The van der Waals surface area contributed by atoms with Gasteiger partial charge in [0.1, 0.15) is 6.04 Å². The van der Waals surface area contributed by atoms with E-state index in [0.717, 1.165) is 12.0 Å². The lowest BCUT2D eigenvalue weighted by atomic mass is 9.98. The molecular weight excluding hydrogens is 264 g/mol. The van der Waals surface area contributed by atoms with Crippen molar-refractivity contribution >= 4 is 17.8 Å². The number of amides is 1. The fourth-order valence-corrected chi connectivity index (χ4v) is 1.84. The Morgan fingerprint density at radius 3 is 2.50 bits per heavy atom. The van der Waals surface area contributed by atoms with Crippen molar-refractivity contribution in [3.8, 4) is 0 Å². The Morgan fingerprint density at radius 1 is 1.30 bits per heavy atom. The number of allylic oxidation sites excluding steroid dienone is 3. The minimum atomic E-state index is -1.26. The molecule has 2 atom stereocenters. The van der Waals surface area contributed by atoms with Crippen molar-refractivity contribution in [3.05, 3.63) is 23.8 Å².